The molecule has 0 bridgehead atoms. The third-order valence-corrected chi connectivity index (χ3v) is 3.94. The first kappa shape index (κ1) is 13.9. The molecule has 21 heavy (non-hydrogen) atoms. The van der Waals surface area contributed by atoms with Crippen LogP contribution in [0.1, 0.15) is 11.4 Å². The molecule has 3 aromatic heterocycles. The molecule has 0 fully saturated rings. The maximum Gasteiger partial charge on any atom is 0.152 e. The molecular formula is C13H17N7S. The van der Waals surface area contributed by atoms with Crippen molar-refractivity contribution < 1.29 is 0 Å². The third kappa shape index (κ3) is 3.02. The summed E-state index contributed by atoms with van der Waals surface area (Å²) in [5, 5.41) is 7.12. The zero-order valence-electron chi connectivity index (χ0n) is 11.9. The number of nitrogens with one attached hydrogen (secondary N) is 1. The van der Waals surface area contributed by atoms with Crippen molar-refractivity contribution >= 4 is 27.4 Å². The first-order valence-corrected chi connectivity index (χ1v) is 7.40. The summed E-state index contributed by atoms with van der Waals surface area (Å²) in [6.45, 7) is 1.45. The molecule has 0 aliphatic heterocycles. The fourth-order valence-electron chi connectivity index (χ4n) is 2.24. The highest BCUT2D eigenvalue weighted by Crippen LogP contribution is 2.24. The molecule has 0 aromatic carbocycles. The maximum atomic E-state index is 5.54. The summed E-state index contributed by atoms with van der Waals surface area (Å²) in [6.07, 6.45) is 3.87. The number of nitrogen functional groups attached to an aromatic ring is 1. The van der Waals surface area contributed by atoms with Crippen LogP contribution in [0.15, 0.2) is 23.8 Å². The van der Waals surface area contributed by atoms with Gasteiger partial charge in [-0.15, -0.1) is 11.3 Å². The number of nitrogens with zero attached hydrogens (tertiary/aromatic N) is 5. The van der Waals surface area contributed by atoms with Gasteiger partial charge < -0.3 is 5.43 Å². The van der Waals surface area contributed by atoms with Crippen LogP contribution in [-0.4, -0.2) is 31.7 Å². The molecule has 0 spiro atoms. The molecule has 7 nitrogen and oxygen atoms in total. The average Bonchev–Trinajstić information content (AvgIpc) is 3.06. The number of aromatic nitrogens is 4. The Morgan fingerprint density at radius 2 is 2.24 bits per heavy atom. The van der Waals surface area contributed by atoms with Crippen molar-refractivity contribution in [3.05, 3.63) is 35.2 Å². The molecule has 3 N–H and O–H groups in total. The number of fused-ring (bicyclic) bond motifs is 1. The van der Waals surface area contributed by atoms with E-state index in [4.69, 9.17) is 5.84 Å². The second kappa shape index (κ2) is 5.76. The molecule has 8 heteroatoms. The van der Waals surface area contributed by atoms with Crippen LogP contribution in [0.2, 0.25) is 0 Å². The first-order chi connectivity index (χ1) is 10.2. The van der Waals surface area contributed by atoms with E-state index in [2.05, 4.69) is 25.4 Å². The number of rotatable bonds is 5. The minimum atomic E-state index is 0.650. The fourth-order valence-corrected chi connectivity index (χ4v) is 3.03. The van der Waals surface area contributed by atoms with Gasteiger partial charge in [-0.3, -0.25) is 9.58 Å². The van der Waals surface area contributed by atoms with Crippen molar-refractivity contribution in [1.82, 2.24) is 24.6 Å². The van der Waals surface area contributed by atoms with Crippen LogP contribution in [0.5, 0.6) is 0 Å². The van der Waals surface area contributed by atoms with Gasteiger partial charge in [0.1, 0.15) is 10.7 Å². The molecule has 3 rings (SSSR count). The van der Waals surface area contributed by atoms with Crippen LogP contribution in [0, 0.1) is 0 Å². The van der Waals surface area contributed by atoms with Gasteiger partial charge in [0, 0.05) is 25.4 Å². The van der Waals surface area contributed by atoms with E-state index in [1.807, 2.05) is 37.9 Å². The topological polar surface area (TPSA) is 84.9 Å². The van der Waals surface area contributed by atoms with Crippen molar-refractivity contribution in [2.45, 2.75) is 13.1 Å². The summed E-state index contributed by atoms with van der Waals surface area (Å²) in [6, 6.07) is 1.97. The van der Waals surface area contributed by atoms with Crippen LogP contribution >= 0.6 is 11.3 Å². The van der Waals surface area contributed by atoms with Crippen LogP contribution in [0.4, 0.5) is 5.82 Å². The van der Waals surface area contributed by atoms with E-state index in [-0.39, 0.29) is 0 Å². The predicted octanol–water partition coefficient (Wildman–Crippen LogP) is 1.34. The number of anilines is 1. The van der Waals surface area contributed by atoms with Crippen LogP contribution < -0.4 is 11.3 Å². The molecule has 0 aliphatic rings. The zero-order chi connectivity index (χ0) is 14.8. The molecule has 110 valence electrons. The van der Waals surface area contributed by atoms with Crippen molar-refractivity contribution in [1.29, 1.82) is 0 Å². The monoisotopic (exact) mass is 303 g/mol. The van der Waals surface area contributed by atoms with Gasteiger partial charge in [-0.25, -0.2) is 15.8 Å². The Kier molecular flexibility index (Phi) is 3.82. The first-order valence-electron chi connectivity index (χ1n) is 6.52. The number of nitrogens with two attached hydrogens (primary N) is 1. The van der Waals surface area contributed by atoms with Crippen molar-refractivity contribution in [2.75, 3.05) is 12.5 Å². The Hall–Kier alpha value is -2.03. The van der Waals surface area contributed by atoms with Crippen molar-refractivity contribution in [3.8, 4) is 0 Å². The van der Waals surface area contributed by atoms with Crippen LogP contribution in [0.25, 0.3) is 10.2 Å². The molecule has 3 aromatic rings. The second-order valence-electron chi connectivity index (χ2n) is 4.97. The minimum Gasteiger partial charge on any atom is -0.308 e. The number of hydrogen-bond donors (Lipinski definition) is 2. The minimum absolute atomic E-state index is 0.650. The summed E-state index contributed by atoms with van der Waals surface area (Å²) >= 11 is 1.59. The summed E-state index contributed by atoms with van der Waals surface area (Å²) in [4.78, 5) is 12.1. The van der Waals surface area contributed by atoms with E-state index in [0.29, 0.717) is 12.4 Å². The standard InChI is InChI=1S/C13H17N7S/c1-19(6-9-5-15-20(2)7-9)8-11-16-12(18-14)10-3-4-21-13(10)17-11/h3-5,7H,6,8,14H2,1-2H3,(H,16,17,18). The SMILES string of the molecule is CN(Cc1cnn(C)c1)Cc1nc(NN)c2ccsc2n1. The molecule has 0 saturated carbocycles. The van der Waals surface area contributed by atoms with Crippen LogP contribution in [0.3, 0.4) is 0 Å². The lowest BCUT2D eigenvalue weighted by molar-refractivity contribution is 0.311. The highest BCUT2D eigenvalue weighted by Gasteiger charge is 2.10. The highest BCUT2D eigenvalue weighted by atomic mass is 32.1. The fraction of sp³-hybridized carbons (Fsp3) is 0.308. The van der Waals surface area contributed by atoms with Gasteiger partial charge in [0.2, 0.25) is 0 Å². The van der Waals surface area contributed by atoms with E-state index < -0.39 is 0 Å². The predicted molar refractivity (Wildman–Crippen MR) is 83.6 cm³/mol. The molecule has 0 amide bonds. The highest BCUT2D eigenvalue weighted by molar-refractivity contribution is 7.16. The molecule has 0 aliphatic carbocycles. The number of thiophene rings is 1. The zero-order valence-corrected chi connectivity index (χ0v) is 12.8. The Morgan fingerprint density at radius 3 is 2.95 bits per heavy atom. The molecule has 0 radical (unpaired) electrons. The number of aryl methyl sites for hydroxylation is 1. The molecular weight excluding hydrogens is 286 g/mol. The van der Waals surface area contributed by atoms with E-state index in [1.54, 1.807) is 16.0 Å². The largest absolute Gasteiger partial charge is 0.308 e. The van der Waals surface area contributed by atoms with Gasteiger partial charge in [0.05, 0.1) is 18.1 Å². The normalized spacial score (nSPS) is 11.4. The van der Waals surface area contributed by atoms with E-state index in [9.17, 15) is 0 Å². The van der Waals surface area contributed by atoms with Crippen molar-refractivity contribution in [2.24, 2.45) is 12.9 Å². The Balaban J connectivity index is 1.77. The average molecular weight is 303 g/mol. The third-order valence-electron chi connectivity index (χ3n) is 3.13. The van der Waals surface area contributed by atoms with Gasteiger partial charge in [0.25, 0.3) is 0 Å². The Labute approximate surface area is 126 Å². The van der Waals surface area contributed by atoms with Crippen molar-refractivity contribution in [3.63, 3.8) is 0 Å². The summed E-state index contributed by atoms with van der Waals surface area (Å²) in [7, 11) is 3.95. The molecule has 0 saturated heterocycles. The second-order valence-corrected chi connectivity index (χ2v) is 5.86. The molecule has 3 heterocycles. The quantitative estimate of drug-likeness (QED) is 0.546. The van der Waals surface area contributed by atoms with Gasteiger partial charge in [-0.1, -0.05) is 0 Å². The van der Waals surface area contributed by atoms with Crippen LogP contribution in [-0.2, 0) is 20.1 Å². The van der Waals surface area contributed by atoms with Gasteiger partial charge in [-0.05, 0) is 18.5 Å². The van der Waals surface area contributed by atoms with E-state index in [0.717, 1.165) is 28.1 Å². The lowest BCUT2D eigenvalue weighted by Crippen LogP contribution is -2.19. The molecule has 0 unspecified atom stereocenters. The van der Waals surface area contributed by atoms with E-state index >= 15 is 0 Å². The van der Waals surface area contributed by atoms with Gasteiger partial charge >= 0.3 is 0 Å². The molecule has 0 atom stereocenters. The number of hydrogen-bond acceptors (Lipinski definition) is 7. The maximum absolute atomic E-state index is 5.54. The van der Waals surface area contributed by atoms with E-state index in [1.165, 1.54) is 0 Å². The van der Waals surface area contributed by atoms with Gasteiger partial charge in [0.15, 0.2) is 5.82 Å². The lowest BCUT2D eigenvalue weighted by Gasteiger charge is -2.15. The Bertz CT molecular complexity index is 748. The Morgan fingerprint density at radius 1 is 1.38 bits per heavy atom. The lowest BCUT2D eigenvalue weighted by atomic mass is 10.3. The number of hydrazine groups is 1. The summed E-state index contributed by atoms with van der Waals surface area (Å²) < 4.78 is 1.80. The summed E-state index contributed by atoms with van der Waals surface area (Å²) in [5.41, 5.74) is 3.81. The van der Waals surface area contributed by atoms with Gasteiger partial charge in [-0.2, -0.15) is 5.10 Å². The summed E-state index contributed by atoms with van der Waals surface area (Å²) in [5.74, 6) is 6.97. The smallest absolute Gasteiger partial charge is 0.152 e.